The Labute approximate surface area is 193 Å². The molecule has 0 aromatic heterocycles. The van der Waals surface area contributed by atoms with Gasteiger partial charge in [-0.2, -0.15) is 0 Å². The Morgan fingerprint density at radius 2 is 1.18 bits per heavy atom. The lowest BCUT2D eigenvalue weighted by Gasteiger charge is -2.14. The van der Waals surface area contributed by atoms with Crippen molar-refractivity contribution in [1.29, 1.82) is 0 Å². The molecule has 0 unspecified atom stereocenters. The van der Waals surface area contributed by atoms with Crippen LogP contribution in [0.15, 0.2) is 78.4 Å². The van der Waals surface area contributed by atoms with Crippen molar-refractivity contribution in [3.05, 3.63) is 83.9 Å². The molecule has 3 aromatic rings. The molecule has 0 saturated heterocycles. The Morgan fingerprint density at radius 1 is 0.727 bits per heavy atom. The highest BCUT2D eigenvalue weighted by Gasteiger charge is 2.22. The minimum atomic E-state index is -0.599. The first-order chi connectivity index (χ1) is 16.1. The minimum absolute atomic E-state index is 0.112. The van der Waals surface area contributed by atoms with Crippen LogP contribution in [0.2, 0.25) is 0 Å². The molecule has 0 saturated carbocycles. The number of ether oxygens (including phenoxy) is 3. The van der Waals surface area contributed by atoms with E-state index in [2.05, 4.69) is 10.6 Å². The summed E-state index contributed by atoms with van der Waals surface area (Å²) in [7, 11) is 3.02. The predicted molar refractivity (Wildman–Crippen MR) is 129 cm³/mol. The van der Waals surface area contributed by atoms with Crippen LogP contribution >= 0.6 is 0 Å². The van der Waals surface area contributed by atoms with E-state index in [4.69, 9.17) is 14.2 Å². The van der Waals surface area contributed by atoms with Crippen molar-refractivity contribution in [2.24, 2.45) is 0 Å². The van der Waals surface area contributed by atoms with Gasteiger partial charge in [0.1, 0.15) is 22.8 Å². The van der Waals surface area contributed by atoms with E-state index in [1.165, 1.54) is 20.3 Å². The molecule has 3 aromatic carbocycles. The van der Waals surface area contributed by atoms with Gasteiger partial charge in [0.2, 0.25) is 0 Å². The molecule has 0 bridgehead atoms. The quantitative estimate of drug-likeness (QED) is 0.281. The van der Waals surface area contributed by atoms with E-state index in [1.807, 2.05) is 19.1 Å². The Morgan fingerprint density at radius 3 is 1.67 bits per heavy atom. The largest absolute Gasteiger partial charge is 0.495 e. The zero-order chi connectivity index (χ0) is 23.6. The molecule has 170 valence electrons. The van der Waals surface area contributed by atoms with Gasteiger partial charge in [-0.1, -0.05) is 42.5 Å². The van der Waals surface area contributed by atoms with Gasteiger partial charge in [0.05, 0.1) is 32.2 Å². The topological polar surface area (TPSA) is 85.9 Å². The SMILES string of the molecule is CCOc1ccccc1C=C(C(=O)Nc1ccccc1OC)C(=O)Nc1ccccc1OC. The van der Waals surface area contributed by atoms with E-state index in [-0.39, 0.29) is 5.57 Å². The van der Waals surface area contributed by atoms with Crippen molar-refractivity contribution in [1.82, 2.24) is 0 Å². The molecule has 33 heavy (non-hydrogen) atoms. The van der Waals surface area contributed by atoms with Crippen molar-refractivity contribution in [2.45, 2.75) is 6.92 Å². The number of rotatable bonds is 9. The summed E-state index contributed by atoms with van der Waals surface area (Å²) in [5.41, 5.74) is 1.37. The third-order valence-corrected chi connectivity index (χ3v) is 4.72. The van der Waals surface area contributed by atoms with Gasteiger partial charge in [-0.05, 0) is 43.3 Å². The number of anilines is 2. The number of carbonyl (C=O) groups excluding carboxylic acids is 2. The average Bonchev–Trinajstić information content (AvgIpc) is 2.84. The van der Waals surface area contributed by atoms with Gasteiger partial charge in [0.25, 0.3) is 11.8 Å². The van der Waals surface area contributed by atoms with Crippen LogP contribution in [0, 0.1) is 0 Å². The summed E-state index contributed by atoms with van der Waals surface area (Å²) in [4.78, 5) is 26.5. The molecule has 0 aliphatic carbocycles. The third-order valence-electron chi connectivity index (χ3n) is 4.72. The van der Waals surface area contributed by atoms with Gasteiger partial charge in [-0.15, -0.1) is 0 Å². The smallest absolute Gasteiger partial charge is 0.261 e. The highest BCUT2D eigenvalue weighted by atomic mass is 16.5. The first-order valence-electron chi connectivity index (χ1n) is 10.4. The number of amides is 2. The Bertz CT molecular complexity index is 1090. The van der Waals surface area contributed by atoms with Crippen molar-refractivity contribution >= 4 is 29.3 Å². The van der Waals surface area contributed by atoms with Gasteiger partial charge in [0, 0.05) is 5.56 Å². The van der Waals surface area contributed by atoms with Crippen molar-refractivity contribution in [3.63, 3.8) is 0 Å². The number of nitrogens with one attached hydrogen (secondary N) is 2. The van der Waals surface area contributed by atoms with Crippen LogP contribution in [-0.4, -0.2) is 32.6 Å². The second-order valence-electron chi connectivity index (χ2n) is 6.84. The van der Waals surface area contributed by atoms with Crippen LogP contribution in [0.3, 0.4) is 0 Å². The maximum Gasteiger partial charge on any atom is 0.261 e. The fourth-order valence-corrected chi connectivity index (χ4v) is 3.15. The molecule has 0 aliphatic heterocycles. The van der Waals surface area contributed by atoms with Gasteiger partial charge < -0.3 is 24.8 Å². The maximum absolute atomic E-state index is 13.3. The lowest BCUT2D eigenvalue weighted by Crippen LogP contribution is -2.25. The summed E-state index contributed by atoms with van der Waals surface area (Å²) in [6, 6.07) is 21.1. The number of para-hydroxylation sites is 5. The summed E-state index contributed by atoms with van der Waals surface area (Å²) in [6.45, 7) is 2.31. The highest BCUT2D eigenvalue weighted by molar-refractivity contribution is 6.29. The fraction of sp³-hybridized carbons (Fsp3) is 0.154. The zero-order valence-electron chi connectivity index (χ0n) is 18.8. The molecule has 0 radical (unpaired) electrons. The molecule has 7 heteroatoms. The second-order valence-corrected chi connectivity index (χ2v) is 6.84. The molecule has 2 amide bonds. The summed E-state index contributed by atoms with van der Waals surface area (Å²) in [5.74, 6) is 0.319. The lowest BCUT2D eigenvalue weighted by molar-refractivity contribution is -0.118. The summed E-state index contributed by atoms with van der Waals surface area (Å²) in [5, 5.41) is 5.53. The Hall–Kier alpha value is -4.26. The fourth-order valence-electron chi connectivity index (χ4n) is 3.15. The van der Waals surface area contributed by atoms with Gasteiger partial charge in [0.15, 0.2) is 0 Å². The predicted octanol–water partition coefficient (Wildman–Crippen LogP) is 4.76. The number of hydrogen-bond acceptors (Lipinski definition) is 5. The van der Waals surface area contributed by atoms with E-state index >= 15 is 0 Å². The van der Waals surface area contributed by atoms with Crippen LogP contribution < -0.4 is 24.8 Å². The molecule has 0 aliphatic rings. The molecule has 0 atom stereocenters. The zero-order valence-corrected chi connectivity index (χ0v) is 18.8. The van der Waals surface area contributed by atoms with Crippen molar-refractivity contribution in [3.8, 4) is 17.2 Å². The molecule has 3 rings (SSSR count). The lowest BCUT2D eigenvalue weighted by atomic mass is 10.1. The van der Waals surface area contributed by atoms with Crippen LogP contribution in [0.4, 0.5) is 11.4 Å². The molecule has 2 N–H and O–H groups in total. The van der Waals surface area contributed by atoms with Gasteiger partial charge in [-0.25, -0.2) is 0 Å². The normalized spacial score (nSPS) is 10.0. The molecule has 0 fully saturated rings. The number of hydrogen-bond donors (Lipinski definition) is 2. The van der Waals surface area contributed by atoms with Crippen LogP contribution in [0.25, 0.3) is 6.08 Å². The van der Waals surface area contributed by atoms with Crippen molar-refractivity contribution in [2.75, 3.05) is 31.5 Å². The molecular weight excluding hydrogens is 420 g/mol. The average molecular weight is 447 g/mol. The van der Waals surface area contributed by atoms with E-state index in [1.54, 1.807) is 60.7 Å². The van der Waals surface area contributed by atoms with E-state index in [0.717, 1.165) is 0 Å². The summed E-state index contributed by atoms with van der Waals surface area (Å²) >= 11 is 0. The second kappa shape index (κ2) is 11.4. The van der Waals surface area contributed by atoms with Gasteiger partial charge in [-0.3, -0.25) is 9.59 Å². The van der Waals surface area contributed by atoms with E-state index in [9.17, 15) is 9.59 Å². The highest BCUT2D eigenvalue weighted by Crippen LogP contribution is 2.27. The van der Waals surface area contributed by atoms with Crippen molar-refractivity contribution < 1.29 is 23.8 Å². The Kier molecular flexibility index (Phi) is 8.07. The van der Waals surface area contributed by atoms with E-state index < -0.39 is 11.8 Å². The van der Waals surface area contributed by atoms with E-state index in [0.29, 0.717) is 40.8 Å². The number of benzene rings is 3. The van der Waals surface area contributed by atoms with Crippen LogP contribution in [0.5, 0.6) is 17.2 Å². The maximum atomic E-state index is 13.3. The molecular formula is C26H26N2O5. The summed E-state index contributed by atoms with van der Waals surface area (Å²) in [6.07, 6.45) is 1.50. The number of carbonyl (C=O) groups is 2. The number of methoxy groups -OCH3 is 2. The first kappa shape index (κ1) is 23.4. The monoisotopic (exact) mass is 446 g/mol. The first-order valence-corrected chi connectivity index (χ1v) is 10.4. The van der Waals surface area contributed by atoms with Gasteiger partial charge >= 0.3 is 0 Å². The molecule has 0 spiro atoms. The minimum Gasteiger partial charge on any atom is -0.495 e. The molecule has 7 nitrogen and oxygen atoms in total. The van der Waals surface area contributed by atoms with Crippen LogP contribution in [-0.2, 0) is 9.59 Å². The standard InChI is InChI=1S/C26H26N2O5/c1-4-33-22-14-8-5-11-18(22)17-19(25(29)27-20-12-6-9-15-23(20)31-2)26(30)28-21-13-7-10-16-24(21)32-3/h5-17H,4H2,1-3H3,(H,27,29)(H,28,30). The third kappa shape index (κ3) is 5.92. The molecule has 0 heterocycles. The summed E-state index contributed by atoms with van der Waals surface area (Å²) < 4.78 is 16.3. The Balaban J connectivity index is 2.00. The van der Waals surface area contributed by atoms with Crippen LogP contribution in [0.1, 0.15) is 12.5 Å².